The fraction of sp³-hybridized carbons (Fsp3) is 0.120. The Morgan fingerprint density at radius 2 is 1.68 bits per heavy atom. The van der Waals surface area contributed by atoms with Gasteiger partial charge in [0.15, 0.2) is 0 Å². The van der Waals surface area contributed by atoms with E-state index in [1.54, 1.807) is 6.08 Å². The molecule has 1 aromatic heterocycles. The first-order chi connectivity index (χ1) is 15.0. The topological polar surface area (TPSA) is 46.9 Å². The maximum Gasteiger partial charge on any atom is 0.244 e. The van der Waals surface area contributed by atoms with Crippen LogP contribution in [-0.2, 0) is 11.3 Å². The molecule has 1 N–H and O–H groups in total. The number of nitrogens with zero attached hydrogens (tertiary/aromatic N) is 2. The average Bonchev–Trinajstić information content (AvgIpc) is 3.14. The monoisotopic (exact) mass is 449 g/mol. The minimum absolute atomic E-state index is 0.189. The zero-order valence-electron chi connectivity index (χ0n) is 16.9. The molecule has 1 unspecified atom stereocenters. The molecule has 1 heterocycles. The number of imidazole rings is 1. The second-order valence-corrected chi connectivity index (χ2v) is 8.03. The van der Waals surface area contributed by atoms with E-state index < -0.39 is 0 Å². The molecule has 6 heteroatoms. The number of rotatable bonds is 6. The lowest BCUT2D eigenvalue weighted by molar-refractivity contribution is -0.117. The van der Waals surface area contributed by atoms with Crippen molar-refractivity contribution in [2.75, 3.05) is 0 Å². The third kappa shape index (κ3) is 4.82. The summed E-state index contributed by atoms with van der Waals surface area (Å²) in [4.78, 5) is 17.3. The van der Waals surface area contributed by atoms with E-state index in [-0.39, 0.29) is 11.9 Å². The summed E-state index contributed by atoms with van der Waals surface area (Å²) in [6, 6.07) is 22.7. The van der Waals surface area contributed by atoms with E-state index in [2.05, 4.69) is 5.32 Å². The summed E-state index contributed by atoms with van der Waals surface area (Å²) >= 11 is 12.8. The average molecular weight is 450 g/mol. The number of para-hydroxylation sites is 2. The van der Waals surface area contributed by atoms with E-state index in [1.165, 1.54) is 6.08 Å². The van der Waals surface area contributed by atoms with Gasteiger partial charge in [0.25, 0.3) is 0 Å². The zero-order chi connectivity index (χ0) is 21.8. The van der Waals surface area contributed by atoms with Crippen LogP contribution in [-0.4, -0.2) is 15.5 Å². The Balaban J connectivity index is 1.63. The molecule has 0 aliphatic rings. The molecule has 1 atom stereocenters. The van der Waals surface area contributed by atoms with Gasteiger partial charge in [0.2, 0.25) is 5.91 Å². The number of carbonyl (C=O) groups excluding carboxylic acids is 1. The Bertz CT molecular complexity index is 1230. The molecule has 31 heavy (non-hydrogen) atoms. The van der Waals surface area contributed by atoms with E-state index >= 15 is 0 Å². The van der Waals surface area contributed by atoms with Crippen molar-refractivity contribution >= 4 is 46.2 Å². The van der Waals surface area contributed by atoms with Gasteiger partial charge in [0.1, 0.15) is 5.82 Å². The van der Waals surface area contributed by atoms with Crippen LogP contribution in [0.15, 0.2) is 78.9 Å². The van der Waals surface area contributed by atoms with E-state index in [0.717, 1.165) is 28.0 Å². The van der Waals surface area contributed by atoms with Crippen LogP contribution in [0, 0.1) is 0 Å². The minimum Gasteiger partial charge on any atom is -0.343 e. The summed E-state index contributed by atoms with van der Waals surface area (Å²) in [5, 5.41) is 4.20. The van der Waals surface area contributed by atoms with Crippen LogP contribution in [0.4, 0.5) is 0 Å². The van der Waals surface area contributed by atoms with Gasteiger partial charge in [-0.1, -0.05) is 71.7 Å². The molecule has 1 amide bonds. The molecule has 4 rings (SSSR count). The van der Waals surface area contributed by atoms with Crippen molar-refractivity contribution in [1.29, 1.82) is 0 Å². The lowest BCUT2D eigenvalue weighted by Gasteiger charge is -2.17. The number of carbonyl (C=O) groups is 1. The number of fused-ring (bicyclic) bond motifs is 1. The summed E-state index contributed by atoms with van der Waals surface area (Å²) in [6.45, 7) is 2.37. The Morgan fingerprint density at radius 1 is 1.00 bits per heavy atom. The van der Waals surface area contributed by atoms with E-state index in [1.807, 2.05) is 84.3 Å². The molecule has 0 spiro atoms. The summed E-state index contributed by atoms with van der Waals surface area (Å²) in [7, 11) is 0. The molecule has 0 aliphatic heterocycles. The van der Waals surface area contributed by atoms with Crippen molar-refractivity contribution in [2.24, 2.45) is 0 Å². The predicted octanol–water partition coefficient (Wildman–Crippen LogP) is 6.28. The quantitative estimate of drug-likeness (QED) is 0.352. The maximum absolute atomic E-state index is 12.5. The largest absolute Gasteiger partial charge is 0.343 e. The molecule has 4 aromatic rings. The summed E-state index contributed by atoms with van der Waals surface area (Å²) < 4.78 is 2.05. The molecule has 0 radical (unpaired) electrons. The van der Waals surface area contributed by atoms with Crippen LogP contribution in [0.1, 0.15) is 29.9 Å². The predicted molar refractivity (Wildman–Crippen MR) is 127 cm³/mol. The highest BCUT2D eigenvalue weighted by Gasteiger charge is 2.19. The molecule has 4 nitrogen and oxygen atoms in total. The maximum atomic E-state index is 12.5. The van der Waals surface area contributed by atoms with Gasteiger partial charge in [-0.3, -0.25) is 4.79 Å². The highest BCUT2D eigenvalue weighted by Crippen LogP contribution is 2.29. The van der Waals surface area contributed by atoms with Crippen LogP contribution in [0.5, 0.6) is 0 Å². The Labute approximate surface area is 191 Å². The fourth-order valence-corrected chi connectivity index (χ4v) is 4.01. The van der Waals surface area contributed by atoms with Crippen molar-refractivity contribution in [3.05, 3.63) is 106 Å². The number of amides is 1. The third-order valence-corrected chi connectivity index (χ3v) is 5.74. The number of benzene rings is 3. The smallest absolute Gasteiger partial charge is 0.244 e. The number of halogens is 2. The Kier molecular flexibility index (Phi) is 6.40. The lowest BCUT2D eigenvalue weighted by atomic mass is 10.2. The number of aromatic nitrogens is 2. The molecule has 0 aliphatic carbocycles. The van der Waals surface area contributed by atoms with Gasteiger partial charge in [-0.05, 0) is 42.8 Å². The highest BCUT2D eigenvalue weighted by atomic mass is 35.5. The zero-order valence-corrected chi connectivity index (χ0v) is 18.4. The fourth-order valence-electron chi connectivity index (χ4n) is 3.49. The van der Waals surface area contributed by atoms with Gasteiger partial charge in [0, 0.05) is 21.7 Å². The van der Waals surface area contributed by atoms with Gasteiger partial charge in [-0.2, -0.15) is 0 Å². The van der Waals surface area contributed by atoms with Crippen molar-refractivity contribution in [2.45, 2.75) is 19.5 Å². The normalized spacial score (nSPS) is 12.4. The molecular weight excluding hydrogens is 429 g/mol. The summed E-state index contributed by atoms with van der Waals surface area (Å²) in [5.41, 5.74) is 3.58. The molecular formula is C25H21Cl2N3O. The molecule has 156 valence electrons. The second kappa shape index (κ2) is 9.38. The van der Waals surface area contributed by atoms with Crippen LogP contribution in [0.3, 0.4) is 0 Å². The highest BCUT2D eigenvalue weighted by molar-refractivity contribution is 6.36. The van der Waals surface area contributed by atoms with Crippen LogP contribution >= 0.6 is 23.2 Å². The number of hydrogen-bond donors (Lipinski definition) is 1. The van der Waals surface area contributed by atoms with Gasteiger partial charge in [0.05, 0.1) is 23.6 Å². The van der Waals surface area contributed by atoms with E-state index in [0.29, 0.717) is 16.6 Å². The van der Waals surface area contributed by atoms with Crippen molar-refractivity contribution in [3.63, 3.8) is 0 Å². The van der Waals surface area contributed by atoms with Gasteiger partial charge >= 0.3 is 0 Å². The first kappa shape index (κ1) is 21.2. The van der Waals surface area contributed by atoms with Crippen molar-refractivity contribution in [3.8, 4) is 0 Å². The van der Waals surface area contributed by atoms with Gasteiger partial charge < -0.3 is 9.88 Å². The molecule has 3 aromatic carbocycles. The SMILES string of the molecule is CC(NC(=O)/C=C\c1ccccc1)c1nc2ccccc2n1Cc1c(Cl)cccc1Cl. The van der Waals surface area contributed by atoms with Crippen LogP contribution in [0.2, 0.25) is 10.0 Å². The second-order valence-electron chi connectivity index (χ2n) is 7.22. The van der Waals surface area contributed by atoms with Gasteiger partial charge in [-0.25, -0.2) is 4.98 Å². The van der Waals surface area contributed by atoms with Crippen molar-refractivity contribution in [1.82, 2.24) is 14.9 Å². The Morgan fingerprint density at radius 3 is 2.42 bits per heavy atom. The van der Waals surface area contributed by atoms with E-state index in [4.69, 9.17) is 28.2 Å². The molecule has 0 saturated heterocycles. The number of nitrogens with one attached hydrogen (secondary N) is 1. The molecule has 0 saturated carbocycles. The Hall–Kier alpha value is -3.08. The van der Waals surface area contributed by atoms with Crippen LogP contribution in [0.25, 0.3) is 17.1 Å². The molecule has 0 fully saturated rings. The summed E-state index contributed by atoms with van der Waals surface area (Å²) in [6.07, 6.45) is 3.32. The number of hydrogen-bond acceptors (Lipinski definition) is 2. The first-order valence-corrected chi connectivity index (χ1v) is 10.7. The van der Waals surface area contributed by atoms with Gasteiger partial charge in [-0.15, -0.1) is 0 Å². The standard InChI is InChI=1S/C25H21Cl2N3O/c1-17(28-24(31)15-14-18-8-3-2-4-9-18)25-29-22-12-5-6-13-23(22)30(25)16-19-20(26)10-7-11-21(19)27/h2-15,17H,16H2,1H3,(H,28,31)/b15-14-. The summed E-state index contributed by atoms with van der Waals surface area (Å²) in [5.74, 6) is 0.546. The third-order valence-electron chi connectivity index (χ3n) is 5.03. The molecule has 0 bridgehead atoms. The first-order valence-electron chi connectivity index (χ1n) is 9.94. The van der Waals surface area contributed by atoms with E-state index in [9.17, 15) is 4.79 Å². The van der Waals surface area contributed by atoms with Crippen molar-refractivity contribution < 1.29 is 4.79 Å². The lowest BCUT2D eigenvalue weighted by Crippen LogP contribution is -2.27. The van der Waals surface area contributed by atoms with Crippen LogP contribution < -0.4 is 5.32 Å². The minimum atomic E-state index is -0.318.